The van der Waals surface area contributed by atoms with Gasteiger partial charge in [-0.05, 0) is 42.5 Å². The number of fused-ring (bicyclic) bond motifs is 1. The van der Waals surface area contributed by atoms with E-state index in [9.17, 15) is 9.90 Å². The number of rotatable bonds is 3. The number of carboxylic acid groups (broad SMARTS) is 1. The van der Waals surface area contributed by atoms with Crippen LogP contribution in [0, 0.1) is 0 Å². The van der Waals surface area contributed by atoms with Gasteiger partial charge in [0, 0.05) is 0 Å². The maximum absolute atomic E-state index is 11.3. The van der Waals surface area contributed by atoms with E-state index < -0.39 is 5.97 Å². The monoisotopic (exact) mass is 283 g/mol. The van der Waals surface area contributed by atoms with E-state index in [2.05, 4.69) is 6.07 Å². The molecule has 0 fully saturated rings. The molecule has 1 aliphatic rings. The van der Waals surface area contributed by atoms with Crippen molar-refractivity contribution in [3.05, 3.63) is 59.2 Å². The standard InChI is InChI=1S/C17H17NO3/c18-14-9-4-8-13(17(19)20)16(14)21-15-10-3-6-11-5-1-2-7-12(11)15/h1-2,4-5,7-9,15H,3,6,10,18H2,(H,19,20). The molecule has 0 bridgehead atoms. The van der Waals surface area contributed by atoms with Gasteiger partial charge in [0.15, 0.2) is 5.75 Å². The number of hydrogen-bond donors (Lipinski definition) is 2. The van der Waals surface area contributed by atoms with E-state index in [0.29, 0.717) is 5.69 Å². The van der Waals surface area contributed by atoms with Crippen LogP contribution in [-0.2, 0) is 6.42 Å². The van der Waals surface area contributed by atoms with Gasteiger partial charge in [-0.1, -0.05) is 30.3 Å². The van der Waals surface area contributed by atoms with E-state index in [4.69, 9.17) is 10.5 Å². The molecule has 0 amide bonds. The molecule has 1 unspecified atom stereocenters. The second kappa shape index (κ2) is 5.48. The molecule has 21 heavy (non-hydrogen) atoms. The summed E-state index contributed by atoms with van der Waals surface area (Å²) in [7, 11) is 0. The minimum absolute atomic E-state index is 0.109. The lowest BCUT2D eigenvalue weighted by Crippen LogP contribution is -2.17. The molecular formula is C17H17NO3. The summed E-state index contributed by atoms with van der Waals surface area (Å²) in [6, 6.07) is 12.9. The van der Waals surface area contributed by atoms with Crippen LogP contribution in [0.1, 0.15) is 40.4 Å². The fourth-order valence-electron chi connectivity index (χ4n) is 2.83. The van der Waals surface area contributed by atoms with E-state index in [1.807, 2.05) is 18.2 Å². The second-order valence-corrected chi connectivity index (χ2v) is 5.23. The molecule has 0 aromatic heterocycles. The van der Waals surface area contributed by atoms with E-state index in [1.165, 1.54) is 11.6 Å². The van der Waals surface area contributed by atoms with Crippen LogP contribution in [0.4, 0.5) is 5.69 Å². The largest absolute Gasteiger partial charge is 0.483 e. The van der Waals surface area contributed by atoms with Crippen LogP contribution in [0.5, 0.6) is 5.75 Å². The van der Waals surface area contributed by atoms with Crippen molar-refractivity contribution in [2.45, 2.75) is 25.4 Å². The van der Waals surface area contributed by atoms with Crippen LogP contribution in [0.15, 0.2) is 42.5 Å². The third kappa shape index (κ3) is 2.57. The van der Waals surface area contributed by atoms with Crippen LogP contribution in [-0.4, -0.2) is 11.1 Å². The van der Waals surface area contributed by atoms with Gasteiger partial charge >= 0.3 is 5.97 Å². The van der Waals surface area contributed by atoms with Crippen molar-refractivity contribution in [2.75, 3.05) is 5.73 Å². The Hall–Kier alpha value is -2.49. The lowest BCUT2D eigenvalue weighted by molar-refractivity contribution is 0.0688. The number of benzene rings is 2. The third-order valence-electron chi connectivity index (χ3n) is 3.85. The SMILES string of the molecule is Nc1cccc(C(=O)O)c1OC1CCCc2ccccc21. The van der Waals surface area contributed by atoms with Crippen molar-refractivity contribution in [2.24, 2.45) is 0 Å². The Kier molecular flexibility index (Phi) is 3.52. The molecule has 4 heteroatoms. The molecule has 0 spiro atoms. The Morgan fingerprint density at radius 1 is 1.19 bits per heavy atom. The molecule has 1 aliphatic carbocycles. The number of nitrogens with two attached hydrogens (primary N) is 1. The first-order chi connectivity index (χ1) is 10.2. The Morgan fingerprint density at radius 3 is 2.81 bits per heavy atom. The van der Waals surface area contributed by atoms with Crippen LogP contribution >= 0.6 is 0 Å². The number of para-hydroxylation sites is 1. The van der Waals surface area contributed by atoms with E-state index in [-0.39, 0.29) is 17.4 Å². The van der Waals surface area contributed by atoms with E-state index in [0.717, 1.165) is 24.8 Å². The first-order valence-electron chi connectivity index (χ1n) is 7.03. The Bertz CT molecular complexity index is 681. The van der Waals surface area contributed by atoms with Gasteiger partial charge in [0.05, 0.1) is 5.69 Å². The van der Waals surface area contributed by atoms with E-state index >= 15 is 0 Å². The Balaban J connectivity index is 1.97. The topological polar surface area (TPSA) is 72.6 Å². The van der Waals surface area contributed by atoms with Gasteiger partial charge in [-0.15, -0.1) is 0 Å². The van der Waals surface area contributed by atoms with Gasteiger partial charge in [-0.25, -0.2) is 4.79 Å². The Morgan fingerprint density at radius 2 is 2.00 bits per heavy atom. The molecule has 0 saturated carbocycles. The van der Waals surface area contributed by atoms with Crippen LogP contribution in [0.2, 0.25) is 0 Å². The van der Waals surface area contributed by atoms with Gasteiger partial charge in [0.2, 0.25) is 0 Å². The number of aromatic carboxylic acids is 1. The number of hydrogen-bond acceptors (Lipinski definition) is 3. The van der Waals surface area contributed by atoms with Crippen LogP contribution < -0.4 is 10.5 Å². The van der Waals surface area contributed by atoms with Crippen molar-refractivity contribution in [1.29, 1.82) is 0 Å². The molecule has 0 saturated heterocycles. The lowest BCUT2D eigenvalue weighted by atomic mass is 9.89. The molecule has 3 rings (SSSR count). The molecule has 0 radical (unpaired) electrons. The van der Waals surface area contributed by atoms with E-state index in [1.54, 1.807) is 12.1 Å². The number of carbonyl (C=O) groups is 1. The molecule has 2 aromatic carbocycles. The van der Waals surface area contributed by atoms with Crippen molar-refractivity contribution >= 4 is 11.7 Å². The summed E-state index contributed by atoms with van der Waals surface area (Å²) in [4.78, 5) is 11.3. The van der Waals surface area contributed by atoms with Crippen LogP contribution in [0.3, 0.4) is 0 Å². The molecule has 3 N–H and O–H groups in total. The minimum atomic E-state index is -1.03. The van der Waals surface area contributed by atoms with Gasteiger partial charge in [-0.3, -0.25) is 0 Å². The summed E-state index contributed by atoms with van der Waals surface area (Å²) in [5.74, 6) is -0.756. The zero-order chi connectivity index (χ0) is 14.8. The number of aryl methyl sites for hydroxylation is 1. The number of nitrogen functional groups attached to an aromatic ring is 1. The summed E-state index contributed by atoms with van der Waals surface area (Å²) >= 11 is 0. The number of anilines is 1. The van der Waals surface area contributed by atoms with Crippen molar-refractivity contribution in [3.8, 4) is 5.75 Å². The molecule has 108 valence electrons. The predicted molar refractivity (Wildman–Crippen MR) is 80.6 cm³/mol. The smallest absolute Gasteiger partial charge is 0.339 e. The Labute approximate surface area is 123 Å². The highest BCUT2D eigenvalue weighted by Gasteiger charge is 2.24. The van der Waals surface area contributed by atoms with Crippen molar-refractivity contribution in [1.82, 2.24) is 0 Å². The molecule has 1 atom stereocenters. The predicted octanol–water partition coefficient (Wildman–Crippen LogP) is 3.42. The molecule has 4 nitrogen and oxygen atoms in total. The highest BCUT2D eigenvalue weighted by Crippen LogP contribution is 2.37. The summed E-state index contributed by atoms with van der Waals surface area (Å²) in [5.41, 5.74) is 8.77. The molecule has 2 aromatic rings. The molecule has 0 aliphatic heterocycles. The van der Waals surface area contributed by atoms with Crippen molar-refractivity contribution in [3.63, 3.8) is 0 Å². The fraction of sp³-hybridized carbons (Fsp3) is 0.235. The van der Waals surface area contributed by atoms with Gasteiger partial charge in [-0.2, -0.15) is 0 Å². The first-order valence-corrected chi connectivity index (χ1v) is 7.03. The third-order valence-corrected chi connectivity index (χ3v) is 3.85. The minimum Gasteiger partial charge on any atom is -0.483 e. The fourth-order valence-corrected chi connectivity index (χ4v) is 2.83. The normalized spacial score (nSPS) is 17.0. The average Bonchev–Trinajstić information content (AvgIpc) is 2.49. The zero-order valence-corrected chi connectivity index (χ0v) is 11.6. The lowest BCUT2D eigenvalue weighted by Gasteiger charge is -2.27. The zero-order valence-electron chi connectivity index (χ0n) is 11.6. The van der Waals surface area contributed by atoms with Gasteiger partial charge in [0.25, 0.3) is 0 Å². The molecular weight excluding hydrogens is 266 g/mol. The maximum Gasteiger partial charge on any atom is 0.339 e. The van der Waals surface area contributed by atoms with Gasteiger partial charge < -0.3 is 15.6 Å². The quantitative estimate of drug-likeness (QED) is 0.846. The summed E-state index contributed by atoms with van der Waals surface area (Å²) in [5, 5.41) is 9.28. The second-order valence-electron chi connectivity index (χ2n) is 5.23. The highest BCUT2D eigenvalue weighted by molar-refractivity contribution is 5.93. The maximum atomic E-state index is 11.3. The van der Waals surface area contributed by atoms with Crippen LogP contribution in [0.25, 0.3) is 0 Å². The number of ether oxygens (including phenoxy) is 1. The summed E-state index contributed by atoms with van der Waals surface area (Å²) in [6.45, 7) is 0. The van der Waals surface area contributed by atoms with Crippen molar-refractivity contribution < 1.29 is 14.6 Å². The first kappa shape index (κ1) is 13.5. The summed E-state index contributed by atoms with van der Waals surface area (Å²) < 4.78 is 6.00. The molecule has 0 heterocycles. The van der Waals surface area contributed by atoms with Gasteiger partial charge in [0.1, 0.15) is 11.7 Å². The number of carboxylic acids is 1. The average molecular weight is 283 g/mol. The summed E-state index contributed by atoms with van der Waals surface area (Å²) in [6.07, 6.45) is 2.78. The highest BCUT2D eigenvalue weighted by atomic mass is 16.5.